The van der Waals surface area contributed by atoms with Crippen LogP contribution in [0.3, 0.4) is 0 Å². The molecule has 0 heterocycles. The van der Waals surface area contributed by atoms with Crippen molar-refractivity contribution >= 4 is 16.0 Å². The van der Waals surface area contributed by atoms with Crippen LogP contribution in [0.15, 0.2) is 0 Å². The monoisotopic (exact) mass is 267 g/mol. The zero-order chi connectivity index (χ0) is 13.9. The molecule has 0 rings (SSSR count). The van der Waals surface area contributed by atoms with E-state index >= 15 is 0 Å². The highest BCUT2D eigenvalue weighted by Gasteiger charge is 2.31. The minimum absolute atomic E-state index is 0.0911. The molecule has 0 saturated heterocycles. The Labute approximate surface area is 102 Å². The molecule has 0 aromatic carbocycles. The number of carboxylic acids is 1. The van der Waals surface area contributed by atoms with Crippen LogP contribution in [0.4, 0.5) is 0 Å². The molecule has 0 aromatic rings. The zero-order valence-corrected chi connectivity index (χ0v) is 11.5. The lowest BCUT2D eigenvalue weighted by Crippen LogP contribution is -2.47. The fourth-order valence-electron chi connectivity index (χ4n) is 0.839. The molecule has 1 unspecified atom stereocenters. The first-order valence-electron chi connectivity index (χ1n) is 5.29. The van der Waals surface area contributed by atoms with Gasteiger partial charge in [-0.05, 0) is 18.8 Å². The number of aliphatic carboxylic acids is 1. The molecular weight excluding hydrogens is 246 g/mol. The average molecular weight is 267 g/mol. The molecule has 6 nitrogen and oxygen atoms in total. The van der Waals surface area contributed by atoms with Gasteiger partial charge in [0.25, 0.3) is 0 Å². The van der Waals surface area contributed by atoms with E-state index in [1.54, 1.807) is 0 Å². The van der Waals surface area contributed by atoms with Gasteiger partial charge in [-0.15, -0.1) is 0 Å². The number of hydrogen-bond donors (Lipinski definition) is 3. The van der Waals surface area contributed by atoms with Crippen LogP contribution >= 0.6 is 0 Å². The molecule has 0 saturated carbocycles. The summed E-state index contributed by atoms with van der Waals surface area (Å²) in [7, 11) is -3.55. The van der Waals surface area contributed by atoms with Gasteiger partial charge in [-0.25, -0.2) is 17.9 Å². The maximum Gasteiger partial charge on any atom is 0.336 e. The highest BCUT2D eigenvalue weighted by Crippen LogP contribution is 2.18. The molecule has 0 aliphatic rings. The summed E-state index contributed by atoms with van der Waals surface area (Å²) in [5.41, 5.74) is -2.21. The van der Waals surface area contributed by atoms with Crippen LogP contribution in [0.2, 0.25) is 0 Å². The summed E-state index contributed by atoms with van der Waals surface area (Å²) < 4.78 is 25.2. The van der Waals surface area contributed by atoms with Gasteiger partial charge < -0.3 is 10.2 Å². The van der Waals surface area contributed by atoms with Crippen LogP contribution in [0.25, 0.3) is 0 Å². The molecule has 1 atom stereocenters. The van der Waals surface area contributed by atoms with Crippen molar-refractivity contribution in [2.24, 2.45) is 5.41 Å². The lowest BCUT2D eigenvalue weighted by atomic mass is 9.94. The SMILES string of the molecule is CC(C)(C)CCS(=O)(=O)NCC(C)(O)C(=O)O. The van der Waals surface area contributed by atoms with Gasteiger partial charge in [-0.1, -0.05) is 20.8 Å². The first-order chi connectivity index (χ1) is 7.36. The summed E-state index contributed by atoms with van der Waals surface area (Å²) in [4.78, 5) is 10.6. The summed E-state index contributed by atoms with van der Waals surface area (Å²) in [5.74, 6) is -1.55. The van der Waals surface area contributed by atoms with E-state index in [9.17, 15) is 18.3 Å². The molecule has 0 fully saturated rings. The van der Waals surface area contributed by atoms with Crippen molar-refractivity contribution in [1.82, 2.24) is 4.72 Å². The van der Waals surface area contributed by atoms with Crippen LogP contribution in [-0.4, -0.2) is 42.5 Å². The van der Waals surface area contributed by atoms with Crippen molar-refractivity contribution in [2.45, 2.75) is 39.7 Å². The van der Waals surface area contributed by atoms with E-state index in [1.807, 2.05) is 20.8 Å². The van der Waals surface area contributed by atoms with Gasteiger partial charge in [0.2, 0.25) is 10.0 Å². The Balaban J connectivity index is 4.34. The van der Waals surface area contributed by atoms with Crippen molar-refractivity contribution in [2.75, 3.05) is 12.3 Å². The molecular formula is C10H21NO5S. The van der Waals surface area contributed by atoms with Crippen molar-refractivity contribution in [3.63, 3.8) is 0 Å². The lowest BCUT2D eigenvalue weighted by molar-refractivity contribution is -0.155. The minimum atomic E-state index is -3.55. The first kappa shape index (κ1) is 16.3. The largest absolute Gasteiger partial charge is 0.479 e. The fraction of sp³-hybridized carbons (Fsp3) is 0.900. The molecule has 0 aromatic heterocycles. The van der Waals surface area contributed by atoms with Gasteiger partial charge in [-0.2, -0.15) is 0 Å². The van der Waals surface area contributed by atoms with Gasteiger partial charge in [0.1, 0.15) is 0 Å². The Bertz CT molecular complexity index is 367. The Hall–Kier alpha value is -0.660. The summed E-state index contributed by atoms with van der Waals surface area (Å²) >= 11 is 0. The number of rotatable bonds is 6. The van der Waals surface area contributed by atoms with E-state index in [-0.39, 0.29) is 11.2 Å². The Morgan fingerprint density at radius 2 is 1.71 bits per heavy atom. The Kier molecular flexibility index (Phi) is 5.12. The van der Waals surface area contributed by atoms with Gasteiger partial charge >= 0.3 is 5.97 Å². The average Bonchev–Trinajstić information content (AvgIpc) is 2.11. The van der Waals surface area contributed by atoms with Crippen molar-refractivity contribution in [3.8, 4) is 0 Å². The van der Waals surface area contributed by atoms with Crippen LogP contribution in [0.5, 0.6) is 0 Å². The second kappa shape index (κ2) is 5.32. The quantitative estimate of drug-likeness (QED) is 0.637. The maximum absolute atomic E-state index is 11.5. The summed E-state index contributed by atoms with van der Waals surface area (Å²) in [6.45, 7) is 6.25. The first-order valence-corrected chi connectivity index (χ1v) is 6.94. The third-order valence-electron chi connectivity index (χ3n) is 2.22. The third kappa shape index (κ3) is 7.30. The van der Waals surface area contributed by atoms with Crippen LogP contribution in [-0.2, 0) is 14.8 Å². The summed E-state index contributed by atoms with van der Waals surface area (Å²) in [6, 6.07) is 0. The standard InChI is InChI=1S/C10H21NO5S/c1-9(2,3)5-6-17(15,16)11-7-10(4,14)8(12)13/h11,14H,5-7H2,1-4H3,(H,12,13). The van der Waals surface area contributed by atoms with Gasteiger partial charge in [0.05, 0.1) is 5.75 Å². The molecule has 3 N–H and O–H groups in total. The van der Waals surface area contributed by atoms with E-state index in [4.69, 9.17) is 5.11 Å². The second-order valence-electron chi connectivity index (χ2n) is 5.53. The van der Waals surface area contributed by atoms with Crippen molar-refractivity contribution < 1.29 is 23.4 Å². The highest BCUT2D eigenvalue weighted by atomic mass is 32.2. The number of nitrogens with one attached hydrogen (secondary N) is 1. The van der Waals surface area contributed by atoms with E-state index in [0.717, 1.165) is 6.92 Å². The normalized spacial score (nSPS) is 16.5. The molecule has 0 amide bonds. The summed E-state index contributed by atoms with van der Waals surface area (Å²) in [5, 5.41) is 18.0. The number of carboxylic acid groups (broad SMARTS) is 1. The lowest BCUT2D eigenvalue weighted by Gasteiger charge is -2.20. The Morgan fingerprint density at radius 1 is 1.24 bits per heavy atom. The van der Waals surface area contributed by atoms with E-state index in [0.29, 0.717) is 6.42 Å². The predicted octanol–water partition coefficient (Wildman–Crippen LogP) is 0.178. The molecule has 7 heteroatoms. The van der Waals surface area contributed by atoms with Crippen LogP contribution < -0.4 is 4.72 Å². The van der Waals surface area contributed by atoms with Crippen molar-refractivity contribution in [3.05, 3.63) is 0 Å². The zero-order valence-electron chi connectivity index (χ0n) is 10.6. The number of carbonyl (C=O) groups is 1. The molecule has 0 aliphatic heterocycles. The maximum atomic E-state index is 11.5. The summed E-state index contributed by atoms with van der Waals surface area (Å²) in [6.07, 6.45) is 0.456. The van der Waals surface area contributed by atoms with Gasteiger partial charge in [0.15, 0.2) is 5.60 Å². The Morgan fingerprint density at radius 3 is 2.06 bits per heavy atom. The van der Waals surface area contributed by atoms with Crippen molar-refractivity contribution in [1.29, 1.82) is 0 Å². The molecule has 0 aliphatic carbocycles. The molecule has 0 bridgehead atoms. The molecule has 17 heavy (non-hydrogen) atoms. The second-order valence-corrected chi connectivity index (χ2v) is 7.46. The fourth-order valence-corrected chi connectivity index (χ4v) is 2.37. The third-order valence-corrected chi connectivity index (χ3v) is 3.54. The molecule has 0 radical (unpaired) electrons. The highest BCUT2D eigenvalue weighted by molar-refractivity contribution is 7.89. The number of aliphatic hydroxyl groups is 1. The smallest absolute Gasteiger partial charge is 0.336 e. The van der Waals surface area contributed by atoms with Gasteiger partial charge in [0, 0.05) is 6.54 Å². The molecule has 102 valence electrons. The van der Waals surface area contributed by atoms with E-state index < -0.39 is 28.1 Å². The van der Waals surface area contributed by atoms with E-state index in [2.05, 4.69) is 4.72 Å². The minimum Gasteiger partial charge on any atom is -0.479 e. The topological polar surface area (TPSA) is 104 Å². The van der Waals surface area contributed by atoms with Crippen LogP contribution in [0.1, 0.15) is 34.1 Å². The van der Waals surface area contributed by atoms with Crippen LogP contribution in [0, 0.1) is 5.41 Å². The number of hydrogen-bond acceptors (Lipinski definition) is 4. The van der Waals surface area contributed by atoms with Gasteiger partial charge in [-0.3, -0.25) is 0 Å². The number of sulfonamides is 1. The van der Waals surface area contributed by atoms with E-state index in [1.165, 1.54) is 0 Å². The molecule has 0 spiro atoms. The predicted molar refractivity (Wildman–Crippen MR) is 64.1 cm³/mol.